The van der Waals surface area contributed by atoms with Gasteiger partial charge in [-0.25, -0.2) is 4.98 Å². The normalized spacial score (nSPS) is 12.2. The van der Waals surface area contributed by atoms with Gasteiger partial charge in [-0.3, -0.25) is 0 Å². The highest BCUT2D eigenvalue weighted by molar-refractivity contribution is 6.29. The van der Waals surface area contributed by atoms with Crippen molar-refractivity contribution in [2.75, 3.05) is 11.1 Å². The molecule has 0 aliphatic carbocycles. The summed E-state index contributed by atoms with van der Waals surface area (Å²) >= 11 is 5.87. The van der Waals surface area contributed by atoms with Gasteiger partial charge in [0.1, 0.15) is 16.7 Å². The Morgan fingerprint density at radius 1 is 1.17 bits per heavy atom. The van der Waals surface area contributed by atoms with Gasteiger partial charge in [0.2, 0.25) is 5.95 Å². The molecule has 1 aromatic carbocycles. The molecule has 0 saturated carbocycles. The van der Waals surface area contributed by atoms with Crippen LogP contribution in [0, 0.1) is 0 Å². The van der Waals surface area contributed by atoms with Crippen LogP contribution >= 0.6 is 11.6 Å². The summed E-state index contributed by atoms with van der Waals surface area (Å²) in [5, 5.41) is 3.63. The molecule has 1 unspecified atom stereocenters. The fourth-order valence-electron chi connectivity index (χ4n) is 2.22. The van der Waals surface area contributed by atoms with Crippen LogP contribution in [-0.4, -0.2) is 22.1 Å². The van der Waals surface area contributed by atoms with E-state index in [0.29, 0.717) is 11.0 Å². The fourth-order valence-corrected chi connectivity index (χ4v) is 2.41. The third-order valence-corrected chi connectivity index (χ3v) is 3.46. The maximum Gasteiger partial charge on any atom is 0.223 e. The highest BCUT2D eigenvalue weighted by Gasteiger charge is 2.06. The first-order valence-electron chi connectivity index (χ1n) is 7.74. The van der Waals surface area contributed by atoms with E-state index in [9.17, 15) is 0 Å². The minimum Gasteiger partial charge on any atom is -0.491 e. The van der Waals surface area contributed by atoms with E-state index in [2.05, 4.69) is 34.3 Å². The Morgan fingerprint density at radius 2 is 1.87 bits per heavy atom. The van der Waals surface area contributed by atoms with Crippen molar-refractivity contribution in [1.82, 2.24) is 9.97 Å². The lowest BCUT2D eigenvalue weighted by Gasteiger charge is -2.15. The summed E-state index contributed by atoms with van der Waals surface area (Å²) in [6, 6.07) is 10.1. The van der Waals surface area contributed by atoms with Crippen LogP contribution in [-0.2, 0) is 6.42 Å². The molecule has 1 aromatic heterocycles. The van der Waals surface area contributed by atoms with Crippen molar-refractivity contribution in [3.05, 3.63) is 41.0 Å². The number of hydrogen-bond acceptors (Lipinski definition) is 5. The third-order valence-electron chi connectivity index (χ3n) is 3.27. The van der Waals surface area contributed by atoms with Crippen molar-refractivity contribution in [3.8, 4) is 5.75 Å². The Kier molecular flexibility index (Phi) is 6.04. The van der Waals surface area contributed by atoms with Gasteiger partial charge in [-0.2, -0.15) is 4.98 Å². The standard InChI is InChI=1S/C17H23ClN4O/c1-11(2)23-14-8-6-13(7-9-14)5-4-12(3)20-16-10-15(18)21-17(19)22-16/h6-12H,4-5H2,1-3H3,(H3,19,20,21,22). The van der Waals surface area contributed by atoms with Crippen LogP contribution < -0.4 is 15.8 Å². The summed E-state index contributed by atoms with van der Waals surface area (Å²) in [4.78, 5) is 7.97. The van der Waals surface area contributed by atoms with Crippen LogP contribution in [0.3, 0.4) is 0 Å². The van der Waals surface area contributed by atoms with Gasteiger partial charge in [-0.15, -0.1) is 0 Å². The van der Waals surface area contributed by atoms with Gasteiger partial charge < -0.3 is 15.8 Å². The molecule has 0 amide bonds. The zero-order valence-electron chi connectivity index (χ0n) is 13.7. The molecule has 23 heavy (non-hydrogen) atoms. The second kappa shape index (κ2) is 8.02. The number of benzene rings is 1. The summed E-state index contributed by atoms with van der Waals surface area (Å²) < 4.78 is 5.65. The lowest BCUT2D eigenvalue weighted by molar-refractivity contribution is 0.242. The molecule has 0 saturated heterocycles. The first-order valence-corrected chi connectivity index (χ1v) is 8.12. The Morgan fingerprint density at radius 3 is 2.48 bits per heavy atom. The molecule has 0 aliphatic heterocycles. The van der Waals surface area contributed by atoms with Crippen LogP contribution in [0.5, 0.6) is 5.75 Å². The third kappa shape index (κ3) is 5.94. The molecule has 0 radical (unpaired) electrons. The van der Waals surface area contributed by atoms with Crippen LogP contribution in [0.1, 0.15) is 32.8 Å². The molecule has 1 heterocycles. The summed E-state index contributed by atoms with van der Waals surface area (Å²) in [5.74, 6) is 1.73. The van der Waals surface area contributed by atoms with Crippen molar-refractivity contribution in [2.24, 2.45) is 0 Å². The highest BCUT2D eigenvalue weighted by Crippen LogP contribution is 2.17. The van der Waals surface area contributed by atoms with Crippen molar-refractivity contribution in [3.63, 3.8) is 0 Å². The zero-order valence-corrected chi connectivity index (χ0v) is 14.5. The van der Waals surface area contributed by atoms with Gasteiger partial charge >= 0.3 is 0 Å². The zero-order chi connectivity index (χ0) is 16.8. The molecule has 124 valence electrons. The van der Waals surface area contributed by atoms with Crippen LogP contribution in [0.4, 0.5) is 11.8 Å². The number of ether oxygens (including phenoxy) is 1. The maximum atomic E-state index is 5.87. The second-order valence-electron chi connectivity index (χ2n) is 5.83. The number of nitrogens with two attached hydrogens (primary N) is 1. The molecule has 2 aromatic rings. The summed E-state index contributed by atoms with van der Waals surface area (Å²) in [6.07, 6.45) is 2.12. The van der Waals surface area contributed by atoms with E-state index in [1.54, 1.807) is 6.07 Å². The largest absolute Gasteiger partial charge is 0.491 e. The van der Waals surface area contributed by atoms with E-state index in [1.165, 1.54) is 5.56 Å². The minimum atomic E-state index is 0.174. The number of nitrogens with zero attached hydrogens (tertiary/aromatic N) is 2. The molecule has 2 rings (SSSR count). The van der Waals surface area contributed by atoms with Crippen LogP contribution in [0.25, 0.3) is 0 Å². The number of rotatable bonds is 7. The van der Waals surface area contributed by atoms with E-state index in [4.69, 9.17) is 22.1 Å². The van der Waals surface area contributed by atoms with Gasteiger partial charge in [0.15, 0.2) is 0 Å². The van der Waals surface area contributed by atoms with Gasteiger partial charge in [-0.05, 0) is 51.3 Å². The van der Waals surface area contributed by atoms with Crippen molar-refractivity contribution < 1.29 is 4.74 Å². The number of aryl methyl sites for hydroxylation is 1. The summed E-state index contributed by atoms with van der Waals surface area (Å²) in [6.45, 7) is 6.14. The van der Waals surface area contributed by atoms with Crippen molar-refractivity contribution >= 4 is 23.4 Å². The SMILES string of the molecule is CC(CCc1ccc(OC(C)C)cc1)Nc1cc(Cl)nc(N)n1. The molecule has 6 heteroatoms. The number of anilines is 2. The first-order chi connectivity index (χ1) is 10.9. The van der Waals surface area contributed by atoms with Crippen LogP contribution in [0.15, 0.2) is 30.3 Å². The highest BCUT2D eigenvalue weighted by atomic mass is 35.5. The number of nitrogen functional groups attached to an aromatic ring is 1. The molecule has 0 fully saturated rings. The molecular weight excluding hydrogens is 312 g/mol. The number of halogens is 1. The first kappa shape index (κ1) is 17.3. The Balaban J connectivity index is 1.85. The van der Waals surface area contributed by atoms with Gasteiger partial charge in [0.25, 0.3) is 0 Å². The number of aromatic nitrogens is 2. The molecule has 0 bridgehead atoms. The lowest BCUT2D eigenvalue weighted by atomic mass is 10.1. The van der Waals surface area contributed by atoms with E-state index in [0.717, 1.165) is 18.6 Å². The maximum absolute atomic E-state index is 5.87. The molecule has 0 spiro atoms. The predicted molar refractivity (Wildman–Crippen MR) is 95.1 cm³/mol. The Hall–Kier alpha value is -2.01. The minimum absolute atomic E-state index is 0.174. The monoisotopic (exact) mass is 334 g/mol. The van der Waals surface area contributed by atoms with Gasteiger partial charge in [0.05, 0.1) is 6.10 Å². The number of hydrogen-bond donors (Lipinski definition) is 2. The fraction of sp³-hybridized carbons (Fsp3) is 0.412. The average Bonchev–Trinajstić information content (AvgIpc) is 2.45. The molecule has 5 nitrogen and oxygen atoms in total. The van der Waals surface area contributed by atoms with Crippen molar-refractivity contribution in [1.29, 1.82) is 0 Å². The molecular formula is C17H23ClN4O. The van der Waals surface area contributed by atoms with E-state index in [-0.39, 0.29) is 18.1 Å². The topological polar surface area (TPSA) is 73.1 Å². The van der Waals surface area contributed by atoms with E-state index in [1.807, 2.05) is 26.0 Å². The Labute approximate surface area is 142 Å². The quantitative estimate of drug-likeness (QED) is 0.750. The summed E-state index contributed by atoms with van der Waals surface area (Å²) in [5.41, 5.74) is 6.86. The van der Waals surface area contributed by atoms with E-state index < -0.39 is 0 Å². The smallest absolute Gasteiger partial charge is 0.223 e. The summed E-state index contributed by atoms with van der Waals surface area (Å²) in [7, 11) is 0. The van der Waals surface area contributed by atoms with E-state index >= 15 is 0 Å². The van der Waals surface area contributed by atoms with Crippen LogP contribution in [0.2, 0.25) is 5.15 Å². The molecule has 3 N–H and O–H groups in total. The number of nitrogens with one attached hydrogen (secondary N) is 1. The Bertz CT molecular complexity index is 611. The molecule has 1 atom stereocenters. The second-order valence-corrected chi connectivity index (χ2v) is 6.22. The van der Waals surface area contributed by atoms with Gasteiger partial charge in [0, 0.05) is 12.1 Å². The lowest BCUT2D eigenvalue weighted by Crippen LogP contribution is -2.17. The molecule has 0 aliphatic rings. The van der Waals surface area contributed by atoms with Crippen molar-refractivity contribution in [2.45, 2.75) is 45.8 Å². The average molecular weight is 335 g/mol. The van der Waals surface area contributed by atoms with Gasteiger partial charge in [-0.1, -0.05) is 23.7 Å². The predicted octanol–water partition coefficient (Wildman–Crippen LogP) is 3.93.